The Morgan fingerprint density at radius 1 is 0.735 bits per heavy atom. The first kappa shape index (κ1) is 28.0. The molecule has 0 aromatic heterocycles. The molecule has 2 amide bonds. The van der Waals surface area contributed by atoms with Gasteiger partial charge in [-0.25, -0.2) is 9.59 Å². The molecule has 2 aromatic rings. The zero-order chi connectivity index (χ0) is 25.7. The van der Waals surface area contributed by atoms with Gasteiger partial charge >= 0.3 is 11.9 Å². The molecule has 0 saturated heterocycles. The Morgan fingerprint density at radius 2 is 1.21 bits per heavy atom. The Balaban J connectivity index is 0.000000342. The van der Waals surface area contributed by atoms with Crippen molar-refractivity contribution < 1.29 is 38.5 Å². The van der Waals surface area contributed by atoms with Gasteiger partial charge in [0, 0.05) is 13.8 Å². The molecule has 10 heteroatoms. The highest BCUT2D eigenvalue weighted by Gasteiger charge is 2.15. The summed E-state index contributed by atoms with van der Waals surface area (Å²) >= 11 is 0. The van der Waals surface area contributed by atoms with Crippen LogP contribution in [0.4, 0.5) is 11.4 Å². The largest absolute Gasteiger partial charge is 0.508 e. The Kier molecular flexibility index (Phi) is 11.6. The molecule has 0 unspecified atom stereocenters. The quantitative estimate of drug-likeness (QED) is 0.388. The Labute approximate surface area is 198 Å². The minimum atomic E-state index is -0.581. The highest BCUT2D eigenvalue weighted by Crippen LogP contribution is 2.24. The fourth-order valence-electron chi connectivity index (χ4n) is 2.66. The monoisotopic (exact) mass is 474 g/mol. The van der Waals surface area contributed by atoms with Crippen LogP contribution in [0, 0.1) is 0 Å². The van der Waals surface area contributed by atoms with Crippen molar-refractivity contribution in [1.29, 1.82) is 0 Å². The summed E-state index contributed by atoms with van der Waals surface area (Å²) in [5.74, 6) is -1.10. The van der Waals surface area contributed by atoms with Crippen LogP contribution in [0.3, 0.4) is 0 Å². The van der Waals surface area contributed by atoms with Gasteiger partial charge in [-0.3, -0.25) is 9.59 Å². The maximum atomic E-state index is 11.8. The van der Waals surface area contributed by atoms with Crippen molar-refractivity contribution in [3.05, 3.63) is 47.5 Å². The average Bonchev–Trinajstić information content (AvgIpc) is 2.76. The van der Waals surface area contributed by atoms with Crippen LogP contribution in [0.1, 0.15) is 55.3 Å². The van der Waals surface area contributed by atoms with Crippen molar-refractivity contribution in [1.82, 2.24) is 0 Å². The molecular formula is C24H30N2O8. The minimum absolute atomic E-state index is 0.0582. The number of carbonyl (C=O) groups is 4. The number of anilines is 2. The molecule has 184 valence electrons. The number of rotatable bonds is 8. The maximum absolute atomic E-state index is 11.8. The molecule has 0 bridgehead atoms. The van der Waals surface area contributed by atoms with E-state index in [2.05, 4.69) is 10.6 Å². The van der Waals surface area contributed by atoms with Crippen molar-refractivity contribution >= 4 is 35.1 Å². The summed E-state index contributed by atoms with van der Waals surface area (Å²) in [5, 5.41) is 14.3. The molecule has 0 saturated carbocycles. The number of esters is 2. The number of carbonyl (C=O) groups excluding carboxylic acids is 4. The predicted molar refractivity (Wildman–Crippen MR) is 126 cm³/mol. The van der Waals surface area contributed by atoms with Gasteiger partial charge in [0.1, 0.15) is 11.5 Å². The smallest absolute Gasteiger partial charge is 0.340 e. The molecular weight excluding hydrogens is 444 g/mol. The second-order valence-corrected chi connectivity index (χ2v) is 6.67. The molecule has 2 rings (SSSR count). The van der Waals surface area contributed by atoms with Crippen LogP contribution in [-0.2, 0) is 19.1 Å². The summed E-state index contributed by atoms with van der Waals surface area (Å²) < 4.78 is 15.1. The molecule has 2 aromatic carbocycles. The topological polar surface area (TPSA) is 140 Å². The number of ether oxygens (including phenoxy) is 3. The maximum Gasteiger partial charge on any atom is 0.340 e. The van der Waals surface area contributed by atoms with E-state index in [-0.39, 0.29) is 41.9 Å². The zero-order valence-electron chi connectivity index (χ0n) is 19.9. The molecule has 0 radical (unpaired) electrons. The standard InChI is InChI=1S/C13H17NO4.C11H13NO4/c1-4-17-10-6-7-12(14-9(3)15)11(8-10)13(16)18-5-2;1-3-16-11(15)9-6-8(14)4-5-10(9)12-7(2)13/h6-8H,4-5H2,1-3H3,(H,14,15);4-6,14H,3H2,1-2H3,(H,12,13). The van der Waals surface area contributed by atoms with E-state index in [4.69, 9.17) is 14.2 Å². The fourth-order valence-corrected chi connectivity index (χ4v) is 2.66. The van der Waals surface area contributed by atoms with Crippen LogP contribution >= 0.6 is 0 Å². The molecule has 34 heavy (non-hydrogen) atoms. The summed E-state index contributed by atoms with van der Waals surface area (Å²) in [7, 11) is 0. The Bertz CT molecular complexity index is 1020. The molecule has 0 aliphatic heterocycles. The van der Waals surface area contributed by atoms with E-state index >= 15 is 0 Å². The number of hydrogen-bond donors (Lipinski definition) is 3. The number of phenols is 1. The summed E-state index contributed by atoms with van der Waals surface area (Å²) in [5.41, 5.74) is 1.17. The first-order valence-electron chi connectivity index (χ1n) is 10.6. The van der Waals surface area contributed by atoms with Crippen molar-refractivity contribution in [3.63, 3.8) is 0 Å². The number of amides is 2. The lowest BCUT2D eigenvalue weighted by Gasteiger charge is -2.11. The number of nitrogens with one attached hydrogen (secondary N) is 2. The zero-order valence-corrected chi connectivity index (χ0v) is 19.9. The fraction of sp³-hybridized carbons (Fsp3) is 0.333. The number of phenolic OH excluding ortho intramolecular Hbond substituents is 1. The third-order valence-electron chi connectivity index (χ3n) is 3.92. The van der Waals surface area contributed by atoms with Gasteiger partial charge < -0.3 is 30.0 Å². The lowest BCUT2D eigenvalue weighted by molar-refractivity contribution is -0.115. The van der Waals surface area contributed by atoms with E-state index in [1.165, 1.54) is 32.0 Å². The van der Waals surface area contributed by atoms with Crippen LogP contribution < -0.4 is 15.4 Å². The normalized spacial score (nSPS) is 9.68. The van der Waals surface area contributed by atoms with E-state index in [0.717, 1.165) is 0 Å². The highest BCUT2D eigenvalue weighted by atomic mass is 16.5. The van der Waals surface area contributed by atoms with E-state index in [0.29, 0.717) is 23.7 Å². The molecule has 0 fully saturated rings. The lowest BCUT2D eigenvalue weighted by Crippen LogP contribution is -2.13. The summed E-state index contributed by atoms with van der Waals surface area (Å²) in [4.78, 5) is 45.3. The highest BCUT2D eigenvalue weighted by molar-refractivity contribution is 6.01. The van der Waals surface area contributed by atoms with Crippen molar-refractivity contribution in [2.24, 2.45) is 0 Å². The van der Waals surface area contributed by atoms with Crippen molar-refractivity contribution in [2.45, 2.75) is 34.6 Å². The van der Waals surface area contributed by atoms with Gasteiger partial charge in [0.15, 0.2) is 0 Å². The van der Waals surface area contributed by atoms with Gasteiger partial charge in [0.2, 0.25) is 11.8 Å². The second-order valence-electron chi connectivity index (χ2n) is 6.67. The van der Waals surface area contributed by atoms with E-state index in [1.54, 1.807) is 32.0 Å². The Hall–Kier alpha value is -4.08. The van der Waals surface area contributed by atoms with Gasteiger partial charge in [0.05, 0.1) is 42.3 Å². The summed E-state index contributed by atoms with van der Waals surface area (Å²) in [6, 6.07) is 8.96. The van der Waals surface area contributed by atoms with Gasteiger partial charge in [-0.05, 0) is 57.2 Å². The molecule has 10 nitrogen and oxygen atoms in total. The third kappa shape index (κ3) is 9.19. The van der Waals surface area contributed by atoms with Gasteiger partial charge in [-0.1, -0.05) is 0 Å². The van der Waals surface area contributed by atoms with E-state index in [1.807, 2.05) is 6.92 Å². The average molecular weight is 475 g/mol. The molecule has 0 heterocycles. The van der Waals surface area contributed by atoms with Gasteiger partial charge in [0.25, 0.3) is 0 Å². The summed E-state index contributed by atoms with van der Waals surface area (Å²) in [6.07, 6.45) is 0. The second kappa shape index (κ2) is 14.1. The number of hydrogen-bond acceptors (Lipinski definition) is 8. The third-order valence-corrected chi connectivity index (χ3v) is 3.92. The van der Waals surface area contributed by atoms with Crippen LogP contribution in [0.2, 0.25) is 0 Å². The lowest BCUT2D eigenvalue weighted by atomic mass is 10.1. The number of benzene rings is 2. The minimum Gasteiger partial charge on any atom is -0.508 e. The number of aromatic hydroxyl groups is 1. The van der Waals surface area contributed by atoms with Crippen molar-refractivity contribution in [3.8, 4) is 11.5 Å². The molecule has 0 spiro atoms. The van der Waals surface area contributed by atoms with E-state index in [9.17, 15) is 24.3 Å². The van der Waals surface area contributed by atoms with Crippen LogP contribution in [0.15, 0.2) is 36.4 Å². The Morgan fingerprint density at radius 3 is 1.65 bits per heavy atom. The molecule has 0 atom stereocenters. The molecule has 0 aliphatic carbocycles. The van der Waals surface area contributed by atoms with Crippen molar-refractivity contribution in [2.75, 3.05) is 30.5 Å². The van der Waals surface area contributed by atoms with Crippen LogP contribution in [-0.4, -0.2) is 48.7 Å². The van der Waals surface area contributed by atoms with Gasteiger partial charge in [-0.2, -0.15) is 0 Å². The SMILES string of the molecule is CCOC(=O)c1cc(O)ccc1NC(C)=O.CCOC(=O)c1cc(OCC)ccc1NC(C)=O. The van der Waals surface area contributed by atoms with Crippen LogP contribution in [0.25, 0.3) is 0 Å². The molecule has 0 aliphatic rings. The summed E-state index contributed by atoms with van der Waals surface area (Å²) in [6.45, 7) is 8.98. The predicted octanol–water partition coefficient (Wildman–Crippen LogP) is 3.75. The van der Waals surface area contributed by atoms with Gasteiger partial charge in [-0.15, -0.1) is 0 Å². The first-order valence-corrected chi connectivity index (χ1v) is 10.6. The van der Waals surface area contributed by atoms with Crippen LogP contribution in [0.5, 0.6) is 11.5 Å². The first-order chi connectivity index (χ1) is 16.1. The molecule has 3 N–H and O–H groups in total. The van der Waals surface area contributed by atoms with E-state index < -0.39 is 11.9 Å².